The third kappa shape index (κ3) is 4.89. The second kappa shape index (κ2) is 10.2. The van der Waals surface area contributed by atoms with Crippen molar-refractivity contribution < 1.29 is 24.4 Å². The number of piperazine rings is 1. The predicted octanol–water partition coefficient (Wildman–Crippen LogP) is 4.27. The molecule has 2 aliphatic heterocycles. The molecule has 0 atom stereocenters. The van der Waals surface area contributed by atoms with Crippen LogP contribution in [0.2, 0.25) is 0 Å². The fourth-order valence-electron chi connectivity index (χ4n) is 4.66. The molecule has 190 valence electrons. The zero-order chi connectivity index (χ0) is 25.2. The van der Waals surface area contributed by atoms with E-state index >= 15 is 0 Å². The maximum absolute atomic E-state index is 10.4. The number of phenolic OH excluding ortho intramolecular Hbond substituents is 1. The highest BCUT2D eigenvalue weighted by Gasteiger charge is 2.23. The Morgan fingerprint density at radius 2 is 1.78 bits per heavy atom. The van der Waals surface area contributed by atoms with Gasteiger partial charge in [-0.15, -0.1) is 0 Å². The van der Waals surface area contributed by atoms with Crippen LogP contribution in [0.25, 0.3) is 22.3 Å². The van der Waals surface area contributed by atoms with Gasteiger partial charge in [0.1, 0.15) is 24.9 Å². The van der Waals surface area contributed by atoms with Crippen molar-refractivity contribution >= 4 is 16.7 Å². The molecule has 1 fully saturated rings. The van der Waals surface area contributed by atoms with E-state index in [0.717, 1.165) is 65.5 Å². The van der Waals surface area contributed by atoms with Crippen molar-refractivity contribution in [2.75, 3.05) is 44.6 Å². The second-order valence-corrected chi connectivity index (χ2v) is 9.17. The van der Waals surface area contributed by atoms with Crippen LogP contribution >= 0.6 is 0 Å². The van der Waals surface area contributed by atoms with Crippen molar-refractivity contribution in [3.8, 4) is 28.6 Å². The van der Waals surface area contributed by atoms with Crippen LogP contribution < -0.4 is 14.4 Å². The van der Waals surface area contributed by atoms with Gasteiger partial charge < -0.3 is 19.5 Å². The fraction of sp³-hybridized carbons (Fsp3) is 0.286. The van der Waals surface area contributed by atoms with Crippen molar-refractivity contribution in [1.29, 1.82) is 0 Å². The highest BCUT2D eigenvalue weighted by molar-refractivity contribution is 5.92. The highest BCUT2D eigenvalue weighted by atomic mass is 17.2. The number of aryl methyl sites for hydroxylation is 1. The molecule has 1 saturated heterocycles. The number of aromatic nitrogens is 2. The molecule has 0 amide bonds. The first-order valence-electron chi connectivity index (χ1n) is 12.3. The molecule has 0 spiro atoms. The molecule has 9 heteroatoms. The molecule has 0 saturated carbocycles. The summed E-state index contributed by atoms with van der Waals surface area (Å²) >= 11 is 0. The summed E-state index contributed by atoms with van der Waals surface area (Å²) in [6.07, 6.45) is 0. The van der Waals surface area contributed by atoms with Crippen LogP contribution in [-0.4, -0.2) is 59.7 Å². The summed E-state index contributed by atoms with van der Waals surface area (Å²) in [7, 11) is 0. The number of aromatic hydroxyl groups is 1. The summed E-state index contributed by atoms with van der Waals surface area (Å²) in [6.45, 7) is 6.08. The number of anilines is 1. The van der Waals surface area contributed by atoms with Crippen LogP contribution in [0.5, 0.6) is 17.2 Å². The molecule has 37 heavy (non-hydrogen) atoms. The number of fused-ring (bicyclic) bond motifs is 2. The van der Waals surface area contributed by atoms with Gasteiger partial charge in [0.15, 0.2) is 17.3 Å². The van der Waals surface area contributed by atoms with Gasteiger partial charge in [-0.05, 0) is 42.8 Å². The zero-order valence-electron chi connectivity index (χ0n) is 20.6. The quantitative estimate of drug-likeness (QED) is 0.227. The monoisotopic (exact) mass is 500 g/mol. The summed E-state index contributed by atoms with van der Waals surface area (Å²) < 4.78 is 10.9. The molecular formula is C28H28N4O5. The summed E-state index contributed by atoms with van der Waals surface area (Å²) in [5, 5.41) is 11.4. The summed E-state index contributed by atoms with van der Waals surface area (Å²) in [5.74, 6) is 3.01. The number of nitrogens with zero attached hydrogens (tertiary/aromatic N) is 4. The Morgan fingerprint density at radius 1 is 0.919 bits per heavy atom. The number of hydrogen-bond donors (Lipinski definition) is 1. The van der Waals surface area contributed by atoms with Crippen molar-refractivity contribution in [2.45, 2.75) is 13.5 Å². The van der Waals surface area contributed by atoms with E-state index < -0.39 is 0 Å². The average Bonchev–Trinajstić information content (AvgIpc) is 3.41. The smallest absolute Gasteiger partial charge is 0.231 e. The van der Waals surface area contributed by atoms with Crippen LogP contribution in [0.1, 0.15) is 11.1 Å². The Kier molecular flexibility index (Phi) is 6.48. The minimum atomic E-state index is 0.168. The van der Waals surface area contributed by atoms with Gasteiger partial charge in [0.2, 0.25) is 6.79 Å². The summed E-state index contributed by atoms with van der Waals surface area (Å²) in [5.41, 5.74) is 3.51. The van der Waals surface area contributed by atoms with Crippen molar-refractivity contribution in [1.82, 2.24) is 14.9 Å². The lowest BCUT2D eigenvalue weighted by molar-refractivity contribution is -0.324. The van der Waals surface area contributed by atoms with Gasteiger partial charge in [-0.25, -0.2) is 19.7 Å². The van der Waals surface area contributed by atoms with Gasteiger partial charge in [-0.1, -0.05) is 30.3 Å². The van der Waals surface area contributed by atoms with Crippen LogP contribution in [0.3, 0.4) is 0 Å². The van der Waals surface area contributed by atoms with Gasteiger partial charge in [-0.3, -0.25) is 4.90 Å². The first-order valence-corrected chi connectivity index (χ1v) is 12.3. The molecule has 1 N–H and O–H groups in total. The van der Waals surface area contributed by atoms with E-state index in [4.69, 9.17) is 29.2 Å². The Labute approximate surface area is 214 Å². The van der Waals surface area contributed by atoms with E-state index in [1.54, 1.807) is 12.1 Å². The van der Waals surface area contributed by atoms with E-state index in [9.17, 15) is 5.11 Å². The standard InChI is InChI=1S/C28H28N4O5/c1-19-9-10-21-23(15-19)29-27(22-6-2-3-7-24(22)33)30-28(21)32-13-11-31(12-14-32)17-37-36-16-20-5-4-8-25-26(20)35-18-34-25/h2-10,15,33H,11-14,16-18H2,1H3. The Hall–Kier alpha value is -3.92. The SMILES string of the molecule is Cc1ccc2c(N3CCN(COOCc4cccc5c4OCO5)CC3)nc(-c3ccccc3O)nc2c1. The van der Waals surface area contributed by atoms with Gasteiger partial charge in [0.25, 0.3) is 0 Å². The molecule has 0 unspecified atom stereocenters. The maximum atomic E-state index is 10.4. The third-order valence-electron chi connectivity index (χ3n) is 6.66. The molecular weight excluding hydrogens is 472 g/mol. The van der Waals surface area contributed by atoms with Crippen LogP contribution in [0.4, 0.5) is 5.82 Å². The topological polar surface area (TPSA) is 89.4 Å². The molecule has 2 aliphatic rings. The van der Waals surface area contributed by atoms with E-state index in [1.165, 1.54) is 0 Å². The van der Waals surface area contributed by atoms with Gasteiger partial charge in [-0.2, -0.15) is 0 Å². The van der Waals surface area contributed by atoms with Gasteiger partial charge >= 0.3 is 0 Å². The molecule has 3 heterocycles. The largest absolute Gasteiger partial charge is 0.507 e. The highest BCUT2D eigenvalue weighted by Crippen LogP contribution is 2.36. The van der Waals surface area contributed by atoms with Crippen LogP contribution in [0, 0.1) is 6.92 Å². The van der Waals surface area contributed by atoms with E-state index in [0.29, 0.717) is 18.1 Å². The lowest BCUT2D eigenvalue weighted by Crippen LogP contribution is -2.47. The predicted molar refractivity (Wildman–Crippen MR) is 138 cm³/mol. The van der Waals surface area contributed by atoms with Gasteiger partial charge in [0.05, 0.1) is 11.1 Å². The van der Waals surface area contributed by atoms with Crippen molar-refractivity contribution in [2.24, 2.45) is 0 Å². The molecule has 0 radical (unpaired) electrons. The Balaban J connectivity index is 1.11. The first kappa shape index (κ1) is 23.5. The fourth-order valence-corrected chi connectivity index (χ4v) is 4.66. The zero-order valence-corrected chi connectivity index (χ0v) is 20.6. The maximum Gasteiger partial charge on any atom is 0.231 e. The van der Waals surface area contributed by atoms with Crippen LogP contribution in [0.15, 0.2) is 60.7 Å². The molecule has 6 rings (SSSR count). The number of phenols is 1. The molecule has 3 aromatic carbocycles. The number of ether oxygens (including phenoxy) is 2. The second-order valence-electron chi connectivity index (χ2n) is 9.17. The van der Waals surface area contributed by atoms with E-state index in [1.807, 2.05) is 37.3 Å². The first-order chi connectivity index (χ1) is 18.2. The van der Waals surface area contributed by atoms with Gasteiger partial charge in [0, 0.05) is 37.1 Å². The Bertz CT molecular complexity index is 1420. The Morgan fingerprint density at radius 3 is 2.65 bits per heavy atom. The number of benzene rings is 3. The number of rotatable bonds is 7. The van der Waals surface area contributed by atoms with Crippen molar-refractivity contribution in [3.05, 3.63) is 71.8 Å². The number of para-hydroxylation sites is 2. The normalized spacial score (nSPS) is 15.4. The minimum Gasteiger partial charge on any atom is -0.507 e. The lowest BCUT2D eigenvalue weighted by Gasteiger charge is -2.35. The lowest BCUT2D eigenvalue weighted by atomic mass is 10.1. The molecule has 4 aromatic rings. The molecule has 9 nitrogen and oxygen atoms in total. The number of hydrogen-bond acceptors (Lipinski definition) is 9. The molecule has 1 aromatic heterocycles. The van der Waals surface area contributed by atoms with E-state index in [-0.39, 0.29) is 19.1 Å². The summed E-state index contributed by atoms with van der Waals surface area (Å²) in [4.78, 5) is 25.1. The summed E-state index contributed by atoms with van der Waals surface area (Å²) in [6, 6.07) is 19.1. The minimum absolute atomic E-state index is 0.168. The third-order valence-corrected chi connectivity index (χ3v) is 6.66. The van der Waals surface area contributed by atoms with Crippen LogP contribution in [-0.2, 0) is 16.4 Å². The van der Waals surface area contributed by atoms with E-state index in [2.05, 4.69) is 28.0 Å². The van der Waals surface area contributed by atoms with Crippen molar-refractivity contribution in [3.63, 3.8) is 0 Å². The molecule has 0 bridgehead atoms. The molecule has 0 aliphatic carbocycles. The average molecular weight is 501 g/mol.